The zero-order valence-corrected chi connectivity index (χ0v) is 13.3. The molecular weight excluding hydrogens is 316 g/mol. The summed E-state index contributed by atoms with van der Waals surface area (Å²) >= 11 is 6.39. The van der Waals surface area contributed by atoms with E-state index in [9.17, 15) is 0 Å². The maximum Gasteiger partial charge on any atom is 0.231 e. The Labute approximate surface area is 138 Å². The lowest BCUT2D eigenvalue weighted by atomic mass is 10.1. The lowest BCUT2D eigenvalue weighted by molar-refractivity contribution is 0.174. The van der Waals surface area contributed by atoms with Crippen LogP contribution in [0.25, 0.3) is 11.4 Å². The van der Waals surface area contributed by atoms with Crippen molar-refractivity contribution in [3.63, 3.8) is 0 Å². The van der Waals surface area contributed by atoms with Gasteiger partial charge in [-0.15, -0.1) is 0 Å². The summed E-state index contributed by atoms with van der Waals surface area (Å²) < 4.78 is 14.7. The van der Waals surface area contributed by atoms with Crippen molar-refractivity contribution >= 4 is 11.6 Å². The van der Waals surface area contributed by atoms with Gasteiger partial charge in [0, 0.05) is 43.8 Å². The second-order valence-corrected chi connectivity index (χ2v) is 5.81. The Hall–Kier alpha value is -2.47. The van der Waals surface area contributed by atoms with Gasteiger partial charge in [0.15, 0.2) is 11.5 Å². The number of hydrogen-bond acceptors (Lipinski definition) is 4. The van der Waals surface area contributed by atoms with Gasteiger partial charge in [-0.25, -0.2) is 4.98 Å². The Kier molecular flexibility index (Phi) is 3.46. The van der Waals surface area contributed by atoms with Crippen molar-refractivity contribution in [2.24, 2.45) is 7.05 Å². The third-order valence-corrected chi connectivity index (χ3v) is 4.13. The van der Waals surface area contributed by atoms with Gasteiger partial charge < -0.3 is 14.0 Å². The van der Waals surface area contributed by atoms with Crippen LogP contribution in [0.15, 0.2) is 36.9 Å². The van der Waals surface area contributed by atoms with E-state index in [1.54, 1.807) is 16.9 Å². The van der Waals surface area contributed by atoms with E-state index < -0.39 is 0 Å². The van der Waals surface area contributed by atoms with Crippen LogP contribution >= 0.6 is 11.6 Å². The molecule has 0 radical (unpaired) electrons. The predicted octanol–water partition coefficient (Wildman–Crippen LogP) is 2.91. The summed E-state index contributed by atoms with van der Waals surface area (Å²) in [7, 11) is 1.92. The molecule has 1 aliphatic rings. The van der Waals surface area contributed by atoms with Crippen LogP contribution in [0.2, 0.25) is 5.02 Å². The molecule has 7 heteroatoms. The van der Waals surface area contributed by atoms with Gasteiger partial charge in [-0.3, -0.25) is 4.68 Å². The second-order valence-electron chi connectivity index (χ2n) is 5.40. The van der Waals surface area contributed by atoms with Crippen molar-refractivity contribution in [1.82, 2.24) is 19.3 Å². The van der Waals surface area contributed by atoms with E-state index in [0.29, 0.717) is 16.5 Å². The molecule has 0 saturated carbocycles. The summed E-state index contributed by atoms with van der Waals surface area (Å²) in [6, 6.07) is 3.66. The highest BCUT2D eigenvalue weighted by atomic mass is 35.5. The quantitative estimate of drug-likeness (QED) is 0.738. The van der Waals surface area contributed by atoms with E-state index in [4.69, 9.17) is 21.1 Å². The van der Waals surface area contributed by atoms with Crippen molar-refractivity contribution in [3.8, 4) is 22.9 Å². The number of ether oxygens (including phenoxy) is 2. The number of rotatable bonds is 4. The van der Waals surface area contributed by atoms with Gasteiger partial charge in [-0.2, -0.15) is 5.10 Å². The Morgan fingerprint density at radius 1 is 1.26 bits per heavy atom. The topological polar surface area (TPSA) is 54.1 Å². The fourth-order valence-corrected chi connectivity index (χ4v) is 2.91. The van der Waals surface area contributed by atoms with Gasteiger partial charge in [0.2, 0.25) is 6.79 Å². The summed E-state index contributed by atoms with van der Waals surface area (Å²) in [4.78, 5) is 4.45. The standard InChI is InChI=1S/C16H15ClN4O2/c1-20-9-11(8-19-20)2-4-21-5-3-18-16(21)12-6-14-15(7-13(12)17)23-10-22-14/h3,5-9H,2,4,10H2,1H3. The number of nitrogens with zero attached hydrogens (tertiary/aromatic N) is 4. The number of fused-ring (bicyclic) bond motifs is 1. The monoisotopic (exact) mass is 330 g/mol. The van der Waals surface area contributed by atoms with Crippen molar-refractivity contribution < 1.29 is 9.47 Å². The molecule has 4 rings (SSSR count). The van der Waals surface area contributed by atoms with Crippen molar-refractivity contribution in [3.05, 3.63) is 47.5 Å². The average Bonchev–Trinajstić information content (AvgIpc) is 3.24. The Bertz CT molecular complexity index is 856. The number of aromatic nitrogens is 4. The third kappa shape index (κ3) is 2.66. The van der Waals surface area contributed by atoms with Crippen LogP contribution in [0.1, 0.15) is 5.56 Å². The van der Waals surface area contributed by atoms with E-state index in [2.05, 4.69) is 14.6 Å². The Balaban J connectivity index is 1.62. The van der Waals surface area contributed by atoms with Crippen LogP contribution in [0.5, 0.6) is 11.5 Å². The molecule has 0 spiro atoms. The van der Waals surface area contributed by atoms with Gasteiger partial charge in [0.1, 0.15) is 5.82 Å². The third-order valence-electron chi connectivity index (χ3n) is 3.82. The van der Waals surface area contributed by atoms with Crippen molar-refractivity contribution in [2.45, 2.75) is 13.0 Å². The fourth-order valence-electron chi connectivity index (χ4n) is 2.67. The summed E-state index contributed by atoms with van der Waals surface area (Å²) in [5.74, 6) is 2.19. The van der Waals surface area contributed by atoms with E-state index in [-0.39, 0.29) is 6.79 Å². The van der Waals surface area contributed by atoms with Crippen LogP contribution in [-0.4, -0.2) is 26.1 Å². The molecule has 1 aromatic carbocycles. The highest BCUT2D eigenvalue weighted by molar-refractivity contribution is 6.33. The predicted molar refractivity (Wildman–Crippen MR) is 85.7 cm³/mol. The highest BCUT2D eigenvalue weighted by Gasteiger charge is 2.19. The zero-order valence-electron chi connectivity index (χ0n) is 12.6. The fraction of sp³-hybridized carbons (Fsp3) is 0.250. The normalized spacial score (nSPS) is 12.8. The van der Waals surface area contributed by atoms with Crippen LogP contribution in [-0.2, 0) is 20.0 Å². The molecule has 0 bridgehead atoms. The number of aryl methyl sites for hydroxylation is 3. The Morgan fingerprint density at radius 2 is 2.09 bits per heavy atom. The highest BCUT2D eigenvalue weighted by Crippen LogP contribution is 2.40. The lowest BCUT2D eigenvalue weighted by Gasteiger charge is -2.09. The van der Waals surface area contributed by atoms with E-state index >= 15 is 0 Å². The molecule has 3 heterocycles. The molecule has 1 aliphatic heterocycles. The number of halogens is 1. The second kappa shape index (κ2) is 5.62. The first-order valence-corrected chi connectivity index (χ1v) is 7.66. The van der Waals surface area contributed by atoms with E-state index in [1.807, 2.05) is 31.7 Å². The zero-order chi connectivity index (χ0) is 15.8. The van der Waals surface area contributed by atoms with Crippen molar-refractivity contribution in [1.29, 1.82) is 0 Å². The molecule has 0 atom stereocenters. The van der Waals surface area contributed by atoms with Crippen LogP contribution < -0.4 is 9.47 Å². The van der Waals surface area contributed by atoms with Crippen LogP contribution in [0.4, 0.5) is 0 Å². The smallest absolute Gasteiger partial charge is 0.231 e. The Morgan fingerprint density at radius 3 is 2.87 bits per heavy atom. The molecule has 2 aromatic heterocycles. The molecule has 0 unspecified atom stereocenters. The SMILES string of the molecule is Cn1cc(CCn2ccnc2-c2cc3c(cc2Cl)OCO3)cn1. The molecule has 0 amide bonds. The minimum Gasteiger partial charge on any atom is -0.454 e. The summed E-state index contributed by atoms with van der Waals surface area (Å²) in [6.45, 7) is 1.02. The number of imidazole rings is 1. The lowest BCUT2D eigenvalue weighted by Crippen LogP contribution is -2.02. The molecule has 0 aliphatic carbocycles. The van der Waals surface area contributed by atoms with Gasteiger partial charge in [-0.05, 0) is 18.1 Å². The largest absolute Gasteiger partial charge is 0.454 e. The first-order chi connectivity index (χ1) is 11.2. The van der Waals surface area contributed by atoms with Gasteiger partial charge >= 0.3 is 0 Å². The average molecular weight is 331 g/mol. The molecule has 23 heavy (non-hydrogen) atoms. The van der Waals surface area contributed by atoms with Gasteiger partial charge in [0.05, 0.1) is 11.2 Å². The van der Waals surface area contributed by atoms with Gasteiger partial charge in [-0.1, -0.05) is 11.6 Å². The molecule has 0 fully saturated rings. The molecule has 0 N–H and O–H groups in total. The number of hydrogen-bond donors (Lipinski definition) is 0. The molecular formula is C16H15ClN4O2. The molecule has 0 saturated heterocycles. The maximum absolute atomic E-state index is 6.39. The first kappa shape index (κ1) is 14.1. The van der Waals surface area contributed by atoms with Crippen LogP contribution in [0, 0.1) is 0 Å². The summed E-state index contributed by atoms with van der Waals surface area (Å²) in [5.41, 5.74) is 2.02. The minimum absolute atomic E-state index is 0.227. The van der Waals surface area contributed by atoms with Crippen molar-refractivity contribution in [2.75, 3.05) is 6.79 Å². The summed E-state index contributed by atoms with van der Waals surface area (Å²) in [5, 5.41) is 4.79. The molecule has 118 valence electrons. The molecule has 6 nitrogen and oxygen atoms in total. The van der Waals surface area contributed by atoms with E-state index in [0.717, 1.165) is 24.4 Å². The maximum atomic E-state index is 6.39. The first-order valence-electron chi connectivity index (χ1n) is 7.29. The van der Waals surface area contributed by atoms with E-state index in [1.165, 1.54) is 5.56 Å². The van der Waals surface area contributed by atoms with Gasteiger partial charge in [0.25, 0.3) is 0 Å². The summed E-state index contributed by atoms with van der Waals surface area (Å²) in [6.07, 6.45) is 8.50. The van der Waals surface area contributed by atoms with Crippen LogP contribution in [0.3, 0.4) is 0 Å². The number of benzene rings is 1. The molecule has 3 aromatic rings. The minimum atomic E-state index is 0.227.